The molecule has 1 saturated heterocycles. The fraction of sp³-hybridized carbons (Fsp3) is 0.733. The van der Waals surface area contributed by atoms with Crippen molar-refractivity contribution in [2.45, 2.75) is 47.0 Å². The lowest BCUT2D eigenvalue weighted by Crippen LogP contribution is -2.23. The van der Waals surface area contributed by atoms with E-state index in [0.717, 1.165) is 43.0 Å². The van der Waals surface area contributed by atoms with Crippen LogP contribution in [-0.2, 0) is 0 Å². The van der Waals surface area contributed by atoms with Crippen LogP contribution in [0, 0.1) is 19.8 Å². The van der Waals surface area contributed by atoms with Gasteiger partial charge in [0.05, 0.1) is 0 Å². The SMILES string of the molecule is CCCC1CCN(c2nc(C)nc(NCC)c2C)C1. The van der Waals surface area contributed by atoms with Gasteiger partial charge in [0.15, 0.2) is 0 Å². The van der Waals surface area contributed by atoms with Crippen LogP contribution in [-0.4, -0.2) is 29.6 Å². The smallest absolute Gasteiger partial charge is 0.137 e. The minimum atomic E-state index is 0.835. The molecule has 2 heterocycles. The van der Waals surface area contributed by atoms with Crippen LogP contribution in [0.4, 0.5) is 11.6 Å². The molecule has 106 valence electrons. The van der Waals surface area contributed by atoms with Crippen LogP contribution >= 0.6 is 0 Å². The normalized spacial score (nSPS) is 18.9. The quantitative estimate of drug-likeness (QED) is 0.885. The molecule has 0 radical (unpaired) electrons. The van der Waals surface area contributed by atoms with Gasteiger partial charge in [-0.3, -0.25) is 0 Å². The fourth-order valence-corrected chi connectivity index (χ4v) is 2.93. The zero-order valence-corrected chi connectivity index (χ0v) is 12.7. The van der Waals surface area contributed by atoms with E-state index in [1.807, 2.05) is 6.92 Å². The highest BCUT2D eigenvalue weighted by Gasteiger charge is 2.25. The lowest BCUT2D eigenvalue weighted by atomic mass is 10.0. The van der Waals surface area contributed by atoms with Gasteiger partial charge < -0.3 is 10.2 Å². The van der Waals surface area contributed by atoms with Crippen LogP contribution in [0.5, 0.6) is 0 Å². The second kappa shape index (κ2) is 6.22. The molecule has 19 heavy (non-hydrogen) atoms. The van der Waals surface area contributed by atoms with E-state index >= 15 is 0 Å². The summed E-state index contributed by atoms with van der Waals surface area (Å²) in [5.41, 5.74) is 1.18. The molecule has 0 spiro atoms. The van der Waals surface area contributed by atoms with Crippen molar-refractivity contribution in [3.05, 3.63) is 11.4 Å². The van der Waals surface area contributed by atoms with Crippen molar-refractivity contribution in [1.29, 1.82) is 0 Å². The molecule has 1 aromatic rings. The Morgan fingerprint density at radius 2 is 2.05 bits per heavy atom. The van der Waals surface area contributed by atoms with E-state index in [9.17, 15) is 0 Å². The Bertz CT molecular complexity index is 430. The third-order valence-corrected chi connectivity index (χ3v) is 3.86. The molecule has 0 aliphatic carbocycles. The molecule has 1 N–H and O–H groups in total. The lowest BCUT2D eigenvalue weighted by molar-refractivity contribution is 0.529. The third kappa shape index (κ3) is 3.17. The highest BCUT2D eigenvalue weighted by molar-refractivity contribution is 5.59. The number of nitrogens with zero attached hydrogens (tertiary/aromatic N) is 3. The molecule has 0 aromatic carbocycles. The molecule has 1 aliphatic heterocycles. The van der Waals surface area contributed by atoms with E-state index < -0.39 is 0 Å². The van der Waals surface area contributed by atoms with Gasteiger partial charge in [-0.1, -0.05) is 13.3 Å². The van der Waals surface area contributed by atoms with Crippen molar-refractivity contribution in [1.82, 2.24) is 9.97 Å². The molecule has 4 nitrogen and oxygen atoms in total. The third-order valence-electron chi connectivity index (χ3n) is 3.86. The Labute approximate surface area is 116 Å². The van der Waals surface area contributed by atoms with Gasteiger partial charge in [-0.2, -0.15) is 0 Å². The maximum absolute atomic E-state index is 4.67. The number of anilines is 2. The van der Waals surface area contributed by atoms with E-state index in [4.69, 9.17) is 0 Å². The van der Waals surface area contributed by atoms with E-state index in [1.54, 1.807) is 0 Å². The lowest BCUT2D eigenvalue weighted by Gasteiger charge is -2.21. The van der Waals surface area contributed by atoms with Crippen molar-refractivity contribution >= 4 is 11.6 Å². The first kappa shape index (κ1) is 14.1. The summed E-state index contributed by atoms with van der Waals surface area (Å²) in [6.07, 6.45) is 3.91. The summed E-state index contributed by atoms with van der Waals surface area (Å²) in [6.45, 7) is 11.7. The second-order valence-electron chi connectivity index (χ2n) is 5.49. The predicted molar refractivity (Wildman–Crippen MR) is 80.9 cm³/mol. The number of nitrogens with one attached hydrogen (secondary N) is 1. The summed E-state index contributed by atoms with van der Waals surface area (Å²) >= 11 is 0. The summed E-state index contributed by atoms with van der Waals surface area (Å²) in [7, 11) is 0. The standard InChI is InChI=1S/C15H26N4/c1-5-7-13-8-9-19(10-13)15-11(3)14(16-6-2)17-12(4)18-15/h13H,5-10H2,1-4H3,(H,16,17,18). The Morgan fingerprint density at radius 1 is 1.26 bits per heavy atom. The van der Waals surface area contributed by atoms with Crippen LogP contribution in [0.15, 0.2) is 0 Å². The van der Waals surface area contributed by atoms with Crippen LogP contribution in [0.25, 0.3) is 0 Å². The summed E-state index contributed by atoms with van der Waals surface area (Å²) in [5, 5.41) is 3.34. The van der Waals surface area contributed by atoms with Gasteiger partial charge in [-0.25, -0.2) is 9.97 Å². The van der Waals surface area contributed by atoms with Gasteiger partial charge in [0.25, 0.3) is 0 Å². The molecule has 1 atom stereocenters. The Balaban J connectivity index is 2.20. The van der Waals surface area contributed by atoms with Gasteiger partial charge in [-0.05, 0) is 39.5 Å². The van der Waals surface area contributed by atoms with Crippen molar-refractivity contribution in [2.75, 3.05) is 29.9 Å². The predicted octanol–water partition coefficient (Wildman–Crippen LogP) is 3.15. The van der Waals surface area contributed by atoms with E-state index in [0.29, 0.717) is 0 Å². The average molecular weight is 262 g/mol. The maximum Gasteiger partial charge on any atom is 0.137 e. The highest BCUT2D eigenvalue weighted by Crippen LogP contribution is 2.29. The topological polar surface area (TPSA) is 41.1 Å². The zero-order chi connectivity index (χ0) is 13.8. The number of rotatable bonds is 5. The largest absolute Gasteiger partial charge is 0.370 e. The molecule has 4 heteroatoms. The first-order chi connectivity index (χ1) is 9.15. The number of aromatic nitrogens is 2. The molecule has 0 bridgehead atoms. The van der Waals surface area contributed by atoms with Crippen molar-refractivity contribution in [2.24, 2.45) is 5.92 Å². The Hall–Kier alpha value is -1.32. The Kier molecular flexibility index (Phi) is 4.61. The monoisotopic (exact) mass is 262 g/mol. The average Bonchev–Trinajstić information content (AvgIpc) is 2.82. The molecule has 1 aliphatic rings. The van der Waals surface area contributed by atoms with Crippen molar-refractivity contribution in [3.63, 3.8) is 0 Å². The van der Waals surface area contributed by atoms with Gasteiger partial charge in [0.1, 0.15) is 17.5 Å². The highest BCUT2D eigenvalue weighted by atomic mass is 15.2. The molecular weight excluding hydrogens is 236 g/mol. The molecule has 1 fully saturated rings. The second-order valence-corrected chi connectivity index (χ2v) is 5.49. The van der Waals surface area contributed by atoms with E-state index in [-0.39, 0.29) is 0 Å². The minimum absolute atomic E-state index is 0.835. The zero-order valence-electron chi connectivity index (χ0n) is 12.7. The summed E-state index contributed by atoms with van der Waals surface area (Å²) in [5.74, 6) is 3.81. The first-order valence-electron chi connectivity index (χ1n) is 7.49. The molecule has 2 rings (SSSR count). The van der Waals surface area contributed by atoms with Gasteiger partial charge >= 0.3 is 0 Å². The van der Waals surface area contributed by atoms with E-state index in [2.05, 4.69) is 41.0 Å². The maximum atomic E-state index is 4.67. The van der Waals surface area contributed by atoms with Crippen LogP contribution in [0.1, 0.15) is 44.5 Å². The molecule has 1 unspecified atom stereocenters. The van der Waals surface area contributed by atoms with Crippen LogP contribution in [0.2, 0.25) is 0 Å². The van der Waals surface area contributed by atoms with Crippen molar-refractivity contribution < 1.29 is 0 Å². The first-order valence-corrected chi connectivity index (χ1v) is 7.49. The fourth-order valence-electron chi connectivity index (χ4n) is 2.93. The number of hydrogen-bond donors (Lipinski definition) is 1. The van der Waals surface area contributed by atoms with Crippen LogP contribution < -0.4 is 10.2 Å². The van der Waals surface area contributed by atoms with Crippen molar-refractivity contribution in [3.8, 4) is 0 Å². The molecular formula is C15H26N4. The van der Waals surface area contributed by atoms with E-state index in [1.165, 1.54) is 24.8 Å². The van der Waals surface area contributed by atoms with Gasteiger partial charge in [0, 0.05) is 25.2 Å². The summed E-state index contributed by atoms with van der Waals surface area (Å²) in [6, 6.07) is 0. The molecule has 0 saturated carbocycles. The molecule has 1 aromatic heterocycles. The Morgan fingerprint density at radius 3 is 2.74 bits per heavy atom. The summed E-state index contributed by atoms with van der Waals surface area (Å²) in [4.78, 5) is 11.6. The van der Waals surface area contributed by atoms with Gasteiger partial charge in [0.2, 0.25) is 0 Å². The van der Waals surface area contributed by atoms with Gasteiger partial charge in [-0.15, -0.1) is 0 Å². The molecule has 0 amide bonds. The van der Waals surface area contributed by atoms with Crippen LogP contribution in [0.3, 0.4) is 0 Å². The minimum Gasteiger partial charge on any atom is -0.370 e. The number of aryl methyl sites for hydroxylation is 1. The summed E-state index contributed by atoms with van der Waals surface area (Å²) < 4.78 is 0. The number of hydrogen-bond acceptors (Lipinski definition) is 4.